The molecule has 1 aliphatic rings. The SMILES string of the molecule is CNCc1cnc(N2CCc3ccc(F)cc32)c(Cl)c1. The molecule has 0 unspecified atom stereocenters. The number of benzene rings is 1. The molecular formula is C15H15ClFN3. The van der Waals surface area contributed by atoms with Crippen LogP contribution in [0.4, 0.5) is 15.9 Å². The smallest absolute Gasteiger partial charge is 0.151 e. The Bertz CT molecular complexity index is 645. The molecule has 0 atom stereocenters. The Morgan fingerprint density at radius 1 is 1.40 bits per heavy atom. The average Bonchev–Trinajstić information content (AvgIpc) is 2.82. The number of anilines is 2. The summed E-state index contributed by atoms with van der Waals surface area (Å²) in [5.74, 6) is 0.453. The van der Waals surface area contributed by atoms with Gasteiger partial charge in [-0.2, -0.15) is 0 Å². The fourth-order valence-electron chi connectivity index (χ4n) is 2.54. The van der Waals surface area contributed by atoms with E-state index in [-0.39, 0.29) is 5.82 Å². The van der Waals surface area contributed by atoms with Crippen molar-refractivity contribution in [2.45, 2.75) is 13.0 Å². The highest BCUT2D eigenvalue weighted by Gasteiger charge is 2.23. The summed E-state index contributed by atoms with van der Waals surface area (Å²) in [5.41, 5.74) is 3.02. The highest BCUT2D eigenvalue weighted by molar-refractivity contribution is 6.33. The van der Waals surface area contributed by atoms with Gasteiger partial charge in [0, 0.05) is 25.0 Å². The lowest BCUT2D eigenvalue weighted by atomic mass is 10.2. The Kier molecular flexibility index (Phi) is 3.59. The van der Waals surface area contributed by atoms with Crippen LogP contribution in [-0.2, 0) is 13.0 Å². The van der Waals surface area contributed by atoms with Gasteiger partial charge in [-0.05, 0) is 42.8 Å². The molecule has 0 fully saturated rings. The first kappa shape index (κ1) is 13.3. The van der Waals surface area contributed by atoms with Gasteiger partial charge in [-0.25, -0.2) is 9.37 Å². The minimum atomic E-state index is -0.237. The van der Waals surface area contributed by atoms with Gasteiger partial charge in [0.1, 0.15) is 5.82 Å². The Labute approximate surface area is 122 Å². The van der Waals surface area contributed by atoms with Gasteiger partial charge in [0.15, 0.2) is 5.82 Å². The second-order valence-electron chi connectivity index (χ2n) is 4.85. The van der Waals surface area contributed by atoms with Crippen LogP contribution in [0, 0.1) is 5.82 Å². The van der Waals surface area contributed by atoms with Crippen LogP contribution in [0.2, 0.25) is 5.02 Å². The molecule has 1 aromatic heterocycles. The van der Waals surface area contributed by atoms with E-state index < -0.39 is 0 Å². The number of halogens is 2. The number of nitrogens with zero attached hydrogens (tertiary/aromatic N) is 2. The molecule has 20 heavy (non-hydrogen) atoms. The molecule has 0 aliphatic carbocycles. The lowest BCUT2D eigenvalue weighted by Gasteiger charge is -2.20. The van der Waals surface area contributed by atoms with E-state index in [4.69, 9.17) is 11.6 Å². The van der Waals surface area contributed by atoms with Crippen LogP contribution in [0.5, 0.6) is 0 Å². The molecule has 104 valence electrons. The minimum absolute atomic E-state index is 0.237. The molecule has 2 heterocycles. The summed E-state index contributed by atoms with van der Waals surface area (Å²) in [5, 5.41) is 3.65. The Balaban J connectivity index is 1.98. The van der Waals surface area contributed by atoms with Gasteiger partial charge in [0.2, 0.25) is 0 Å². The number of pyridine rings is 1. The molecule has 0 spiro atoms. The molecule has 0 saturated heterocycles. The van der Waals surface area contributed by atoms with Gasteiger partial charge < -0.3 is 10.2 Å². The summed E-state index contributed by atoms with van der Waals surface area (Å²) in [6, 6.07) is 6.76. The van der Waals surface area contributed by atoms with E-state index >= 15 is 0 Å². The molecule has 5 heteroatoms. The Morgan fingerprint density at radius 2 is 2.25 bits per heavy atom. The van der Waals surface area contributed by atoms with Crippen molar-refractivity contribution in [1.82, 2.24) is 10.3 Å². The molecule has 0 bridgehead atoms. The van der Waals surface area contributed by atoms with Crippen molar-refractivity contribution in [2.24, 2.45) is 0 Å². The second kappa shape index (κ2) is 5.38. The van der Waals surface area contributed by atoms with E-state index in [2.05, 4.69) is 10.3 Å². The van der Waals surface area contributed by atoms with Crippen molar-refractivity contribution >= 4 is 23.1 Å². The van der Waals surface area contributed by atoms with E-state index in [1.807, 2.05) is 24.1 Å². The maximum Gasteiger partial charge on any atom is 0.151 e. The summed E-state index contributed by atoms with van der Waals surface area (Å²) in [7, 11) is 1.88. The first-order valence-corrected chi connectivity index (χ1v) is 6.92. The predicted molar refractivity (Wildman–Crippen MR) is 79.1 cm³/mol. The maximum atomic E-state index is 13.4. The standard InChI is InChI=1S/C15H15ClFN3/c1-18-8-10-6-13(16)15(19-9-10)20-5-4-11-2-3-12(17)7-14(11)20/h2-3,6-7,9,18H,4-5,8H2,1H3. The Hall–Kier alpha value is -1.65. The third-order valence-electron chi connectivity index (χ3n) is 3.46. The number of hydrogen-bond donors (Lipinski definition) is 1. The molecule has 3 nitrogen and oxygen atoms in total. The van der Waals surface area contributed by atoms with Crippen LogP contribution >= 0.6 is 11.6 Å². The van der Waals surface area contributed by atoms with Crippen molar-refractivity contribution < 1.29 is 4.39 Å². The van der Waals surface area contributed by atoms with Crippen LogP contribution in [0.3, 0.4) is 0 Å². The summed E-state index contributed by atoms with van der Waals surface area (Å²) >= 11 is 6.33. The average molecular weight is 292 g/mol. The van der Waals surface area contributed by atoms with Gasteiger partial charge in [-0.1, -0.05) is 17.7 Å². The van der Waals surface area contributed by atoms with Crippen LogP contribution in [0.1, 0.15) is 11.1 Å². The van der Waals surface area contributed by atoms with E-state index in [1.54, 1.807) is 12.3 Å². The quantitative estimate of drug-likeness (QED) is 0.940. The third-order valence-corrected chi connectivity index (χ3v) is 3.74. The molecule has 2 aromatic rings. The zero-order valence-corrected chi connectivity index (χ0v) is 11.9. The van der Waals surface area contributed by atoms with Crippen molar-refractivity contribution in [3.05, 3.63) is 52.4 Å². The molecule has 0 amide bonds. The summed E-state index contributed by atoms with van der Waals surface area (Å²) in [6.07, 6.45) is 2.68. The topological polar surface area (TPSA) is 28.2 Å². The summed E-state index contributed by atoms with van der Waals surface area (Å²) < 4.78 is 13.4. The largest absolute Gasteiger partial charge is 0.324 e. The molecule has 1 aliphatic heterocycles. The van der Waals surface area contributed by atoms with Crippen LogP contribution in [0.15, 0.2) is 30.5 Å². The Morgan fingerprint density at radius 3 is 3.00 bits per heavy atom. The normalized spacial score (nSPS) is 13.7. The van der Waals surface area contributed by atoms with E-state index in [9.17, 15) is 4.39 Å². The molecular weight excluding hydrogens is 277 g/mol. The zero-order valence-electron chi connectivity index (χ0n) is 11.2. The van der Waals surface area contributed by atoms with Crippen LogP contribution in [-0.4, -0.2) is 18.6 Å². The predicted octanol–water partition coefficient (Wildman–Crippen LogP) is 3.29. The summed E-state index contributed by atoms with van der Waals surface area (Å²) in [6.45, 7) is 1.50. The van der Waals surface area contributed by atoms with E-state index in [0.29, 0.717) is 10.8 Å². The van der Waals surface area contributed by atoms with Gasteiger partial charge in [-0.3, -0.25) is 0 Å². The molecule has 0 saturated carbocycles. The monoisotopic (exact) mass is 291 g/mol. The fraction of sp³-hybridized carbons (Fsp3) is 0.267. The van der Waals surface area contributed by atoms with Crippen LogP contribution in [0.25, 0.3) is 0 Å². The number of aromatic nitrogens is 1. The fourth-order valence-corrected chi connectivity index (χ4v) is 2.83. The molecule has 1 aromatic carbocycles. The minimum Gasteiger partial charge on any atom is -0.324 e. The second-order valence-corrected chi connectivity index (χ2v) is 5.26. The van der Waals surface area contributed by atoms with Crippen molar-refractivity contribution in [3.8, 4) is 0 Å². The number of fused-ring (bicyclic) bond motifs is 1. The number of rotatable bonds is 3. The maximum absolute atomic E-state index is 13.4. The van der Waals surface area contributed by atoms with E-state index in [1.165, 1.54) is 6.07 Å². The van der Waals surface area contributed by atoms with Crippen molar-refractivity contribution in [2.75, 3.05) is 18.5 Å². The highest BCUT2D eigenvalue weighted by Crippen LogP contribution is 2.37. The molecule has 0 radical (unpaired) electrons. The third kappa shape index (κ3) is 2.37. The van der Waals surface area contributed by atoms with Crippen molar-refractivity contribution in [1.29, 1.82) is 0 Å². The van der Waals surface area contributed by atoms with E-state index in [0.717, 1.165) is 36.3 Å². The summed E-state index contributed by atoms with van der Waals surface area (Å²) in [4.78, 5) is 6.42. The molecule has 3 rings (SSSR count). The molecule has 1 N–H and O–H groups in total. The van der Waals surface area contributed by atoms with Crippen LogP contribution < -0.4 is 10.2 Å². The highest BCUT2D eigenvalue weighted by atomic mass is 35.5. The number of hydrogen-bond acceptors (Lipinski definition) is 3. The van der Waals surface area contributed by atoms with Gasteiger partial charge in [-0.15, -0.1) is 0 Å². The first-order chi connectivity index (χ1) is 9.69. The van der Waals surface area contributed by atoms with Gasteiger partial charge in [0.25, 0.3) is 0 Å². The van der Waals surface area contributed by atoms with Gasteiger partial charge >= 0.3 is 0 Å². The first-order valence-electron chi connectivity index (χ1n) is 6.54. The lowest BCUT2D eigenvalue weighted by molar-refractivity contribution is 0.628. The number of nitrogens with one attached hydrogen (secondary N) is 1. The van der Waals surface area contributed by atoms with Crippen molar-refractivity contribution in [3.63, 3.8) is 0 Å². The lowest BCUT2D eigenvalue weighted by Crippen LogP contribution is -2.16. The zero-order chi connectivity index (χ0) is 14.1. The van der Waals surface area contributed by atoms with Gasteiger partial charge in [0.05, 0.1) is 5.02 Å².